The number of nitrogens with zero attached hydrogens (tertiary/aromatic N) is 2. The van der Waals surface area contributed by atoms with Crippen LogP contribution in [0.25, 0.3) is 0 Å². The molecule has 4 rings (SSSR count). The molecular formula is C20H19F2N3O2. The smallest absolute Gasteiger partial charge is 0.322 e. The molecule has 0 aliphatic carbocycles. The van der Waals surface area contributed by atoms with Gasteiger partial charge >= 0.3 is 6.03 Å². The highest BCUT2D eigenvalue weighted by molar-refractivity contribution is 5.93. The summed E-state index contributed by atoms with van der Waals surface area (Å²) in [6.07, 6.45) is 0. The summed E-state index contributed by atoms with van der Waals surface area (Å²) in [5, 5.41) is 2.26. The number of anilines is 1. The maximum atomic E-state index is 13.8. The van der Waals surface area contributed by atoms with Gasteiger partial charge in [0.1, 0.15) is 23.9 Å². The zero-order chi connectivity index (χ0) is 19.1. The quantitative estimate of drug-likeness (QED) is 0.834. The Hall–Kier alpha value is -2.96. The van der Waals surface area contributed by atoms with Crippen LogP contribution in [0, 0.1) is 11.6 Å². The molecule has 1 saturated heterocycles. The van der Waals surface area contributed by atoms with E-state index in [0.29, 0.717) is 6.54 Å². The van der Waals surface area contributed by atoms with Gasteiger partial charge < -0.3 is 15.1 Å². The van der Waals surface area contributed by atoms with Crippen molar-refractivity contribution in [3.63, 3.8) is 0 Å². The van der Waals surface area contributed by atoms with Gasteiger partial charge in [-0.25, -0.2) is 13.6 Å². The summed E-state index contributed by atoms with van der Waals surface area (Å²) in [4.78, 5) is 28.3. The third kappa shape index (κ3) is 3.03. The first kappa shape index (κ1) is 17.5. The van der Waals surface area contributed by atoms with Crippen molar-refractivity contribution in [2.45, 2.75) is 18.9 Å². The molecule has 0 bridgehead atoms. The molecule has 2 aromatic carbocycles. The summed E-state index contributed by atoms with van der Waals surface area (Å²) in [5.41, 5.74) is 1.67. The van der Waals surface area contributed by atoms with E-state index in [-0.39, 0.29) is 31.0 Å². The molecule has 2 aliphatic rings. The number of rotatable bonds is 1. The summed E-state index contributed by atoms with van der Waals surface area (Å²) >= 11 is 0. The van der Waals surface area contributed by atoms with Gasteiger partial charge in [-0.05, 0) is 29.2 Å². The molecular weight excluding hydrogens is 352 g/mol. The van der Waals surface area contributed by atoms with Gasteiger partial charge in [-0.2, -0.15) is 0 Å². The Kier molecular flexibility index (Phi) is 4.30. The van der Waals surface area contributed by atoms with Crippen molar-refractivity contribution >= 4 is 17.6 Å². The molecule has 1 fully saturated rings. The predicted molar refractivity (Wildman–Crippen MR) is 96.3 cm³/mol. The van der Waals surface area contributed by atoms with Gasteiger partial charge in [0.05, 0.1) is 6.04 Å². The van der Waals surface area contributed by atoms with Crippen molar-refractivity contribution in [1.82, 2.24) is 9.80 Å². The van der Waals surface area contributed by atoms with Crippen LogP contribution in [0.3, 0.4) is 0 Å². The fraction of sp³-hybridized carbons (Fsp3) is 0.300. The van der Waals surface area contributed by atoms with Gasteiger partial charge in [-0.3, -0.25) is 4.79 Å². The Bertz CT molecular complexity index is 898. The second kappa shape index (κ2) is 6.64. The summed E-state index contributed by atoms with van der Waals surface area (Å²) < 4.78 is 27.6. The normalized spacial score (nSPS) is 21.5. The number of piperazine rings is 1. The van der Waals surface area contributed by atoms with E-state index >= 15 is 0 Å². The number of benzene rings is 2. The zero-order valence-corrected chi connectivity index (χ0v) is 14.8. The number of fused-ring (bicyclic) bond motifs is 3. The second-order valence-corrected chi connectivity index (χ2v) is 7.00. The van der Waals surface area contributed by atoms with Crippen LogP contribution in [-0.2, 0) is 4.79 Å². The Labute approximate surface area is 155 Å². The lowest BCUT2D eigenvalue weighted by Crippen LogP contribution is -2.57. The third-order valence-electron chi connectivity index (χ3n) is 5.25. The molecule has 0 saturated carbocycles. The monoisotopic (exact) mass is 371 g/mol. The average Bonchev–Trinajstić information content (AvgIpc) is 2.65. The summed E-state index contributed by atoms with van der Waals surface area (Å²) in [6, 6.07) is 10.3. The van der Waals surface area contributed by atoms with Crippen LogP contribution < -0.4 is 5.32 Å². The Morgan fingerprint density at radius 2 is 1.70 bits per heavy atom. The Morgan fingerprint density at radius 3 is 2.41 bits per heavy atom. The van der Waals surface area contributed by atoms with Gasteiger partial charge in [0.25, 0.3) is 0 Å². The zero-order valence-electron chi connectivity index (χ0n) is 14.8. The standard InChI is InChI=1S/C20H19F2N3O2/c1-12-9-25-17(14-6-3-2-5-13(12)14)10-24(11-18(25)26)20(27)23-19-15(21)7-4-8-16(19)22/h2-8,12,17H,9-11H2,1H3,(H,23,27). The van der Waals surface area contributed by atoms with E-state index in [1.807, 2.05) is 24.3 Å². The highest BCUT2D eigenvalue weighted by Gasteiger charge is 2.40. The molecule has 5 nitrogen and oxygen atoms in total. The van der Waals surface area contributed by atoms with E-state index in [0.717, 1.165) is 23.3 Å². The Morgan fingerprint density at radius 1 is 1.04 bits per heavy atom. The van der Waals surface area contributed by atoms with Crippen molar-refractivity contribution in [2.75, 3.05) is 25.0 Å². The van der Waals surface area contributed by atoms with E-state index in [2.05, 4.69) is 12.2 Å². The molecule has 2 heterocycles. The van der Waals surface area contributed by atoms with Gasteiger partial charge in [-0.15, -0.1) is 0 Å². The van der Waals surface area contributed by atoms with Crippen molar-refractivity contribution in [2.24, 2.45) is 0 Å². The van der Waals surface area contributed by atoms with Crippen molar-refractivity contribution < 1.29 is 18.4 Å². The van der Waals surface area contributed by atoms with Crippen LogP contribution in [-0.4, -0.2) is 41.4 Å². The molecule has 0 aromatic heterocycles. The number of amides is 3. The molecule has 7 heteroatoms. The van der Waals surface area contributed by atoms with E-state index in [9.17, 15) is 18.4 Å². The van der Waals surface area contributed by atoms with Crippen molar-refractivity contribution in [3.05, 3.63) is 65.2 Å². The minimum atomic E-state index is -0.856. The summed E-state index contributed by atoms with van der Waals surface area (Å²) in [7, 11) is 0. The van der Waals surface area contributed by atoms with E-state index in [1.54, 1.807) is 4.90 Å². The van der Waals surface area contributed by atoms with E-state index < -0.39 is 23.4 Å². The van der Waals surface area contributed by atoms with Gasteiger partial charge in [-0.1, -0.05) is 37.3 Å². The van der Waals surface area contributed by atoms with Crippen LogP contribution >= 0.6 is 0 Å². The lowest BCUT2D eigenvalue weighted by molar-refractivity contribution is -0.139. The van der Waals surface area contributed by atoms with Gasteiger partial charge in [0.15, 0.2) is 0 Å². The number of hydrogen-bond acceptors (Lipinski definition) is 2. The van der Waals surface area contributed by atoms with E-state index in [1.165, 1.54) is 11.0 Å². The number of nitrogens with one attached hydrogen (secondary N) is 1. The molecule has 2 aromatic rings. The summed E-state index contributed by atoms with van der Waals surface area (Å²) in [5.74, 6) is -1.67. The molecule has 2 unspecified atom stereocenters. The first-order valence-electron chi connectivity index (χ1n) is 8.84. The number of carbonyl (C=O) groups is 2. The third-order valence-corrected chi connectivity index (χ3v) is 5.25. The first-order valence-corrected chi connectivity index (χ1v) is 8.84. The van der Waals surface area contributed by atoms with Crippen LogP contribution in [0.2, 0.25) is 0 Å². The molecule has 2 atom stereocenters. The highest BCUT2D eigenvalue weighted by Crippen LogP contribution is 2.38. The van der Waals surface area contributed by atoms with Gasteiger partial charge in [0.2, 0.25) is 5.91 Å². The maximum Gasteiger partial charge on any atom is 0.322 e. The van der Waals surface area contributed by atoms with Crippen LogP contribution in [0.5, 0.6) is 0 Å². The second-order valence-electron chi connectivity index (χ2n) is 7.00. The predicted octanol–water partition coefficient (Wildman–Crippen LogP) is 3.50. The van der Waals surface area contributed by atoms with Crippen LogP contribution in [0.15, 0.2) is 42.5 Å². The summed E-state index contributed by atoms with van der Waals surface area (Å²) in [6.45, 7) is 2.82. The Balaban J connectivity index is 1.59. The number of carbonyl (C=O) groups excluding carboxylic acids is 2. The number of urea groups is 1. The number of para-hydroxylation sites is 1. The molecule has 3 amide bonds. The fourth-order valence-electron chi connectivity index (χ4n) is 3.91. The molecule has 0 radical (unpaired) electrons. The number of hydrogen-bond donors (Lipinski definition) is 1. The minimum Gasteiger partial charge on any atom is -0.332 e. The lowest BCUT2D eigenvalue weighted by atomic mass is 9.85. The number of halogens is 2. The first-order chi connectivity index (χ1) is 13.0. The van der Waals surface area contributed by atoms with Crippen molar-refractivity contribution in [3.8, 4) is 0 Å². The van der Waals surface area contributed by atoms with Gasteiger partial charge in [0, 0.05) is 13.1 Å². The maximum absolute atomic E-state index is 13.8. The molecule has 27 heavy (non-hydrogen) atoms. The van der Waals surface area contributed by atoms with Crippen molar-refractivity contribution in [1.29, 1.82) is 0 Å². The highest BCUT2D eigenvalue weighted by atomic mass is 19.1. The average molecular weight is 371 g/mol. The molecule has 0 spiro atoms. The largest absolute Gasteiger partial charge is 0.332 e. The van der Waals surface area contributed by atoms with E-state index in [4.69, 9.17) is 0 Å². The molecule has 2 aliphatic heterocycles. The molecule has 1 N–H and O–H groups in total. The van der Waals surface area contributed by atoms with Crippen LogP contribution in [0.4, 0.5) is 19.3 Å². The fourth-order valence-corrected chi connectivity index (χ4v) is 3.91. The van der Waals surface area contributed by atoms with Crippen LogP contribution in [0.1, 0.15) is 30.0 Å². The SMILES string of the molecule is CC1CN2C(=O)CN(C(=O)Nc3c(F)cccc3F)CC2c2ccccc21. The lowest BCUT2D eigenvalue weighted by Gasteiger charge is -2.46. The molecule has 140 valence electrons. The minimum absolute atomic E-state index is 0.118. The topological polar surface area (TPSA) is 52.7 Å².